The first-order valence-electron chi connectivity index (χ1n) is 8.35. The fourth-order valence-electron chi connectivity index (χ4n) is 2.79. The molecular weight excluding hydrogens is 290 g/mol. The van der Waals surface area contributed by atoms with Gasteiger partial charge in [-0.1, -0.05) is 24.3 Å². The molecule has 1 aliphatic heterocycles. The second-order valence-corrected chi connectivity index (χ2v) is 6.43. The molecule has 0 aliphatic carbocycles. The molecule has 3 amide bonds. The molecule has 0 aromatic heterocycles. The largest absolute Gasteiger partial charge is 0.341 e. The lowest BCUT2D eigenvalue weighted by Gasteiger charge is -2.23. The smallest absolute Gasteiger partial charge is 0.317 e. The Balaban J connectivity index is 1.91. The molecule has 0 unspecified atom stereocenters. The van der Waals surface area contributed by atoms with E-state index in [0.717, 1.165) is 24.1 Å². The van der Waals surface area contributed by atoms with Crippen LogP contribution in [-0.4, -0.2) is 54.0 Å². The van der Waals surface area contributed by atoms with Crippen LogP contribution < -0.4 is 5.32 Å². The molecule has 1 N–H and O–H groups in total. The number of rotatable bonds is 3. The summed E-state index contributed by atoms with van der Waals surface area (Å²) < 4.78 is 0. The Morgan fingerprint density at radius 2 is 1.74 bits per heavy atom. The lowest BCUT2D eigenvalue weighted by molar-refractivity contribution is -0.130. The van der Waals surface area contributed by atoms with Crippen LogP contribution in [0.15, 0.2) is 24.3 Å². The maximum absolute atomic E-state index is 12.5. The van der Waals surface area contributed by atoms with Crippen molar-refractivity contribution in [3.63, 3.8) is 0 Å². The molecule has 126 valence electrons. The summed E-state index contributed by atoms with van der Waals surface area (Å²) in [6.07, 6.45) is 1.26. The van der Waals surface area contributed by atoms with Gasteiger partial charge in [-0.15, -0.1) is 0 Å². The summed E-state index contributed by atoms with van der Waals surface area (Å²) in [5, 5.41) is 2.92. The molecule has 0 atom stereocenters. The van der Waals surface area contributed by atoms with Crippen LogP contribution in [0, 0.1) is 6.92 Å². The quantitative estimate of drug-likeness (QED) is 0.929. The maximum atomic E-state index is 12.5. The van der Waals surface area contributed by atoms with E-state index in [1.807, 2.05) is 49.9 Å². The van der Waals surface area contributed by atoms with Gasteiger partial charge in [0.25, 0.3) is 0 Å². The minimum Gasteiger partial charge on any atom is -0.341 e. The molecule has 5 heteroatoms. The molecule has 2 rings (SSSR count). The van der Waals surface area contributed by atoms with Crippen molar-refractivity contribution < 1.29 is 9.59 Å². The molecule has 0 radical (unpaired) electrons. The summed E-state index contributed by atoms with van der Waals surface area (Å²) >= 11 is 0. The van der Waals surface area contributed by atoms with Gasteiger partial charge in [0.05, 0.1) is 6.42 Å². The molecule has 1 fully saturated rings. The molecule has 5 nitrogen and oxygen atoms in total. The number of aryl methyl sites for hydroxylation is 1. The Hall–Kier alpha value is -2.04. The van der Waals surface area contributed by atoms with Crippen LogP contribution in [0.3, 0.4) is 0 Å². The number of benzene rings is 1. The molecule has 0 bridgehead atoms. The third-order valence-electron chi connectivity index (χ3n) is 4.15. The van der Waals surface area contributed by atoms with E-state index < -0.39 is 0 Å². The standard InChI is InChI=1S/C18H27N3O2/c1-14(2)19-18(23)21-10-6-9-20(11-12-21)17(22)13-16-8-5-4-7-15(16)3/h4-5,7-8,14H,6,9-13H2,1-3H3,(H,19,23). The van der Waals surface area contributed by atoms with Crippen LogP contribution in [0.5, 0.6) is 0 Å². The molecule has 1 aromatic rings. The number of hydrogen-bond acceptors (Lipinski definition) is 2. The number of nitrogens with zero attached hydrogens (tertiary/aromatic N) is 2. The second kappa shape index (κ2) is 7.99. The van der Waals surface area contributed by atoms with Crippen molar-refractivity contribution in [1.29, 1.82) is 0 Å². The minimum atomic E-state index is -0.0341. The van der Waals surface area contributed by atoms with Gasteiger partial charge in [-0.05, 0) is 38.3 Å². The van der Waals surface area contributed by atoms with E-state index in [1.165, 1.54) is 0 Å². The van der Waals surface area contributed by atoms with Crippen molar-refractivity contribution in [2.24, 2.45) is 0 Å². The molecule has 1 aliphatic rings. The predicted octanol–water partition coefficient (Wildman–Crippen LogP) is 2.19. The third kappa shape index (κ3) is 4.98. The summed E-state index contributed by atoms with van der Waals surface area (Å²) in [5.41, 5.74) is 2.23. The molecule has 1 aromatic carbocycles. The monoisotopic (exact) mass is 317 g/mol. The molecule has 0 spiro atoms. The molecule has 23 heavy (non-hydrogen) atoms. The summed E-state index contributed by atoms with van der Waals surface area (Å²) in [6.45, 7) is 8.56. The van der Waals surface area contributed by atoms with Crippen LogP contribution in [0.2, 0.25) is 0 Å². The minimum absolute atomic E-state index is 0.0341. The van der Waals surface area contributed by atoms with Crippen molar-refractivity contribution in [3.05, 3.63) is 35.4 Å². The Bertz CT molecular complexity index is 557. The number of urea groups is 1. The van der Waals surface area contributed by atoms with Crippen LogP contribution in [0.1, 0.15) is 31.4 Å². The maximum Gasteiger partial charge on any atom is 0.317 e. The van der Waals surface area contributed by atoms with Gasteiger partial charge >= 0.3 is 6.03 Å². The van der Waals surface area contributed by atoms with Crippen molar-refractivity contribution in [3.8, 4) is 0 Å². The van der Waals surface area contributed by atoms with E-state index in [4.69, 9.17) is 0 Å². The number of amides is 3. The summed E-state index contributed by atoms with van der Waals surface area (Å²) in [7, 11) is 0. The van der Waals surface area contributed by atoms with Gasteiger partial charge in [0, 0.05) is 32.2 Å². The Kier molecular flexibility index (Phi) is 6.02. The normalized spacial score (nSPS) is 15.5. The van der Waals surface area contributed by atoms with E-state index in [0.29, 0.717) is 26.1 Å². The third-order valence-corrected chi connectivity index (χ3v) is 4.15. The average molecular weight is 317 g/mol. The first kappa shape index (κ1) is 17.3. The van der Waals surface area contributed by atoms with Crippen LogP contribution >= 0.6 is 0 Å². The van der Waals surface area contributed by atoms with Crippen molar-refractivity contribution in [2.75, 3.05) is 26.2 Å². The average Bonchev–Trinajstić information content (AvgIpc) is 2.75. The summed E-state index contributed by atoms with van der Waals surface area (Å²) in [6, 6.07) is 8.09. The number of carbonyl (C=O) groups is 2. The predicted molar refractivity (Wildman–Crippen MR) is 91.3 cm³/mol. The lowest BCUT2D eigenvalue weighted by atomic mass is 10.1. The first-order chi connectivity index (χ1) is 11.0. The van der Waals surface area contributed by atoms with Gasteiger partial charge in [-0.2, -0.15) is 0 Å². The number of nitrogens with one attached hydrogen (secondary N) is 1. The van der Waals surface area contributed by atoms with Gasteiger partial charge < -0.3 is 15.1 Å². The van der Waals surface area contributed by atoms with Crippen molar-refractivity contribution in [2.45, 2.75) is 39.7 Å². The van der Waals surface area contributed by atoms with Gasteiger partial charge in [-0.3, -0.25) is 4.79 Å². The topological polar surface area (TPSA) is 52.7 Å². The van der Waals surface area contributed by atoms with Crippen molar-refractivity contribution >= 4 is 11.9 Å². The zero-order chi connectivity index (χ0) is 16.8. The van der Waals surface area contributed by atoms with Gasteiger partial charge in [-0.25, -0.2) is 4.79 Å². The molecule has 1 saturated heterocycles. The van der Waals surface area contributed by atoms with Crippen LogP contribution in [-0.2, 0) is 11.2 Å². The Labute approximate surface area is 138 Å². The molecule has 0 saturated carbocycles. The molecular formula is C18H27N3O2. The Morgan fingerprint density at radius 3 is 2.43 bits per heavy atom. The lowest BCUT2D eigenvalue weighted by Crippen LogP contribution is -2.45. The zero-order valence-corrected chi connectivity index (χ0v) is 14.3. The summed E-state index contributed by atoms with van der Waals surface area (Å²) in [4.78, 5) is 28.3. The number of carbonyl (C=O) groups excluding carboxylic acids is 2. The molecule has 1 heterocycles. The number of hydrogen-bond donors (Lipinski definition) is 1. The second-order valence-electron chi connectivity index (χ2n) is 6.43. The van der Waals surface area contributed by atoms with Crippen LogP contribution in [0.25, 0.3) is 0 Å². The van der Waals surface area contributed by atoms with Crippen molar-refractivity contribution in [1.82, 2.24) is 15.1 Å². The van der Waals surface area contributed by atoms with Crippen LogP contribution in [0.4, 0.5) is 4.79 Å². The first-order valence-corrected chi connectivity index (χ1v) is 8.35. The highest BCUT2D eigenvalue weighted by Gasteiger charge is 2.22. The van der Waals surface area contributed by atoms with Gasteiger partial charge in [0.1, 0.15) is 0 Å². The fraction of sp³-hybridized carbons (Fsp3) is 0.556. The van der Waals surface area contributed by atoms with E-state index in [-0.39, 0.29) is 18.0 Å². The van der Waals surface area contributed by atoms with E-state index >= 15 is 0 Å². The van der Waals surface area contributed by atoms with E-state index in [2.05, 4.69) is 5.32 Å². The highest BCUT2D eigenvalue weighted by Crippen LogP contribution is 2.11. The highest BCUT2D eigenvalue weighted by atomic mass is 16.2. The summed E-state index contributed by atoms with van der Waals surface area (Å²) in [5.74, 6) is 0.144. The van der Waals surface area contributed by atoms with Gasteiger partial charge in [0.15, 0.2) is 0 Å². The van der Waals surface area contributed by atoms with E-state index in [9.17, 15) is 9.59 Å². The van der Waals surface area contributed by atoms with E-state index in [1.54, 1.807) is 4.90 Å². The van der Waals surface area contributed by atoms with Gasteiger partial charge in [0.2, 0.25) is 5.91 Å². The SMILES string of the molecule is Cc1ccccc1CC(=O)N1CCCN(C(=O)NC(C)C)CC1. The fourth-order valence-corrected chi connectivity index (χ4v) is 2.79. The zero-order valence-electron chi connectivity index (χ0n) is 14.3. The highest BCUT2D eigenvalue weighted by molar-refractivity contribution is 5.79. The Morgan fingerprint density at radius 1 is 1.09 bits per heavy atom.